The minimum Gasteiger partial charge on any atom is -0.462 e. The molecule has 0 saturated carbocycles. The van der Waals surface area contributed by atoms with E-state index in [2.05, 4.69) is 0 Å². The van der Waals surface area contributed by atoms with Gasteiger partial charge in [-0.2, -0.15) is 0 Å². The summed E-state index contributed by atoms with van der Waals surface area (Å²) < 4.78 is 62.0. The molecule has 0 heterocycles. The number of halogens is 2. The lowest BCUT2D eigenvalue weighted by atomic mass is 9.94. The minimum atomic E-state index is -3.51. The zero-order valence-electron chi connectivity index (χ0n) is 20.1. The highest BCUT2D eigenvalue weighted by Gasteiger charge is 2.24. The van der Waals surface area contributed by atoms with Gasteiger partial charge in [-0.1, -0.05) is 24.6 Å². The maximum Gasteiger partial charge on any atom is 0.339 e. The number of ether oxygens (including phenoxy) is 2. The van der Waals surface area contributed by atoms with E-state index in [0.29, 0.717) is 31.4 Å². The van der Waals surface area contributed by atoms with Gasteiger partial charge in [-0.15, -0.1) is 0 Å². The second-order valence-corrected chi connectivity index (χ2v) is 10.0. The van der Waals surface area contributed by atoms with E-state index in [1.165, 1.54) is 30.3 Å². The summed E-state index contributed by atoms with van der Waals surface area (Å²) in [6.07, 6.45) is 2.68. The number of esters is 2. The van der Waals surface area contributed by atoms with Crippen molar-refractivity contribution in [2.75, 3.05) is 26.0 Å². The van der Waals surface area contributed by atoms with Crippen LogP contribution in [-0.2, 0) is 28.9 Å². The van der Waals surface area contributed by atoms with E-state index in [1.54, 1.807) is 6.92 Å². The molecule has 0 aliphatic carbocycles. The Kier molecular flexibility index (Phi) is 10.7. The molecule has 0 radical (unpaired) electrons. The first-order valence-corrected chi connectivity index (χ1v) is 13.2. The fourth-order valence-electron chi connectivity index (χ4n) is 3.35. The first kappa shape index (κ1) is 29.1. The third kappa shape index (κ3) is 7.94. The van der Waals surface area contributed by atoms with Crippen LogP contribution in [0.2, 0.25) is 0 Å². The number of benzene rings is 2. The van der Waals surface area contributed by atoms with E-state index in [1.807, 2.05) is 0 Å². The molecule has 196 valence electrons. The number of hydrogen-bond donors (Lipinski definition) is 2. The molecule has 0 fully saturated rings. The average molecular weight is 525 g/mol. The van der Waals surface area contributed by atoms with Crippen molar-refractivity contribution in [1.29, 1.82) is 0 Å². The quantitative estimate of drug-likeness (QED) is 0.187. The van der Waals surface area contributed by atoms with E-state index in [-0.39, 0.29) is 28.2 Å². The fourth-order valence-corrected chi connectivity index (χ4v) is 3.98. The fraction of sp³-hybridized carbons (Fsp3) is 0.360. The van der Waals surface area contributed by atoms with Gasteiger partial charge in [-0.3, -0.25) is 4.79 Å². The van der Waals surface area contributed by atoms with Gasteiger partial charge in [0, 0.05) is 11.8 Å². The summed E-state index contributed by atoms with van der Waals surface area (Å²) in [6.45, 7) is 1.55. The molecule has 2 aromatic carbocycles. The lowest BCUT2D eigenvalue weighted by molar-refractivity contribution is -0.144. The Balaban J connectivity index is 2.60. The van der Waals surface area contributed by atoms with Crippen LogP contribution in [0.15, 0.2) is 47.4 Å². The smallest absolute Gasteiger partial charge is 0.339 e. The van der Waals surface area contributed by atoms with Crippen molar-refractivity contribution in [2.24, 2.45) is 11.5 Å². The van der Waals surface area contributed by atoms with Gasteiger partial charge in [-0.25, -0.2) is 22.0 Å². The van der Waals surface area contributed by atoms with Crippen LogP contribution in [0, 0.1) is 11.6 Å². The summed E-state index contributed by atoms with van der Waals surface area (Å²) in [5.74, 6) is -3.91. The van der Waals surface area contributed by atoms with E-state index >= 15 is 0 Å². The normalized spacial score (nSPS) is 13.1. The predicted octanol–water partition coefficient (Wildman–Crippen LogP) is 2.84. The number of carbonyl (C=O) groups is 2. The molecule has 0 saturated heterocycles. The highest BCUT2D eigenvalue weighted by molar-refractivity contribution is 7.90. The molecule has 11 heteroatoms. The third-order valence-electron chi connectivity index (χ3n) is 5.25. The maximum atomic E-state index is 14.1. The molecule has 1 atom stereocenters. The molecular formula is C25H30F2N2O6S. The summed E-state index contributed by atoms with van der Waals surface area (Å²) in [4.78, 5) is 25.5. The Bertz CT molecular complexity index is 1210. The van der Waals surface area contributed by atoms with Crippen molar-refractivity contribution in [3.8, 4) is 0 Å². The topological polar surface area (TPSA) is 139 Å². The second kappa shape index (κ2) is 13.2. The Morgan fingerprint density at radius 2 is 1.61 bits per heavy atom. The molecule has 0 amide bonds. The number of unbranched alkanes of at least 4 members (excludes halogenated alkanes) is 1. The van der Waals surface area contributed by atoms with Crippen LogP contribution in [0.5, 0.6) is 0 Å². The van der Waals surface area contributed by atoms with Gasteiger partial charge in [0.1, 0.15) is 12.6 Å². The predicted molar refractivity (Wildman–Crippen MR) is 131 cm³/mol. The summed E-state index contributed by atoms with van der Waals surface area (Å²) in [5.41, 5.74) is 11.6. The molecule has 0 bridgehead atoms. The number of sulfone groups is 1. The summed E-state index contributed by atoms with van der Waals surface area (Å²) >= 11 is 0. The van der Waals surface area contributed by atoms with Crippen LogP contribution in [0.3, 0.4) is 0 Å². The Labute approximate surface area is 209 Å². The SMILES string of the molecule is CCOC(=O)/C(=C(\COC(=O)[C@@H](N)CCCCN)c1ccc(S(C)(=O)=O)cc1)c1ccc(F)c(F)c1. The summed E-state index contributed by atoms with van der Waals surface area (Å²) in [5, 5.41) is 0. The van der Waals surface area contributed by atoms with Crippen molar-refractivity contribution < 1.29 is 36.3 Å². The molecule has 0 aromatic heterocycles. The number of hydrogen-bond acceptors (Lipinski definition) is 8. The first-order valence-electron chi connectivity index (χ1n) is 11.3. The summed E-state index contributed by atoms with van der Waals surface area (Å²) in [6, 6.07) is 7.41. The number of rotatable bonds is 12. The van der Waals surface area contributed by atoms with E-state index in [9.17, 15) is 26.8 Å². The van der Waals surface area contributed by atoms with Gasteiger partial charge in [-0.05, 0) is 61.7 Å². The molecule has 0 unspecified atom stereocenters. The van der Waals surface area contributed by atoms with Gasteiger partial charge in [0.25, 0.3) is 0 Å². The highest BCUT2D eigenvalue weighted by Crippen LogP contribution is 2.30. The number of carbonyl (C=O) groups excluding carboxylic acids is 2. The molecule has 2 aromatic rings. The Morgan fingerprint density at radius 1 is 0.972 bits per heavy atom. The Hall–Kier alpha value is -3.15. The molecule has 0 aliphatic heterocycles. The molecule has 36 heavy (non-hydrogen) atoms. The van der Waals surface area contributed by atoms with Crippen molar-refractivity contribution in [3.63, 3.8) is 0 Å². The van der Waals surface area contributed by atoms with E-state index < -0.39 is 46.1 Å². The molecule has 0 aliphatic rings. The maximum absolute atomic E-state index is 14.1. The van der Waals surface area contributed by atoms with Crippen LogP contribution in [0.4, 0.5) is 8.78 Å². The first-order chi connectivity index (χ1) is 17.0. The average Bonchev–Trinajstić information content (AvgIpc) is 2.83. The van der Waals surface area contributed by atoms with Crippen LogP contribution in [-0.4, -0.2) is 52.4 Å². The van der Waals surface area contributed by atoms with Crippen molar-refractivity contribution in [3.05, 3.63) is 65.2 Å². The number of nitrogens with two attached hydrogens (primary N) is 2. The monoisotopic (exact) mass is 524 g/mol. The summed E-state index contributed by atoms with van der Waals surface area (Å²) in [7, 11) is -3.51. The second-order valence-electron chi connectivity index (χ2n) is 8.00. The highest BCUT2D eigenvalue weighted by atomic mass is 32.2. The van der Waals surface area contributed by atoms with Gasteiger partial charge in [0.05, 0.1) is 17.1 Å². The van der Waals surface area contributed by atoms with Crippen LogP contribution < -0.4 is 11.5 Å². The van der Waals surface area contributed by atoms with Crippen molar-refractivity contribution >= 4 is 32.9 Å². The van der Waals surface area contributed by atoms with Gasteiger partial charge < -0.3 is 20.9 Å². The third-order valence-corrected chi connectivity index (χ3v) is 6.38. The van der Waals surface area contributed by atoms with Gasteiger partial charge in [0.2, 0.25) is 0 Å². The zero-order valence-corrected chi connectivity index (χ0v) is 20.9. The van der Waals surface area contributed by atoms with Gasteiger partial charge in [0.15, 0.2) is 21.5 Å². The molecular weight excluding hydrogens is 494 g/mol. The Morgan fingerprint density at radius 3 is 2.17 bits per heavy atom. The lowest BCUT2D eigenvalue weighted by Crippen LogP contribution is -2.32. The molecule has 4 N–H and O–H groups in total. The van der Waals surface area contributed by atoms with Crippen LogP contribution >= 0.6 is 0 Å². The largest absolute Gasteiger partial charge is 0.462 e. The van der Waals surface area contributed by atoms with E-state index in [0.717, 1.165) is 18.4 Å². The molecule has 8 nitrogen and oxygen atoms in total. The lowest BCUT2D eigenvalue weighted by Gasteiger charge is -2.18. The molecule has 0 spiro atoms. The van der Waals surface area contributed by atoms with Gasteiger partial charge >= 0.3 is 11.9 Å². The zero-order chi connectivity index (χ0) is 26.9. The minimum absolute atomic E-state index is 0.0158. The van der Waals surface area contributed by atoms with Crippen molar-refractivity contribution in [1.82, 2.24) is 0 Å². The standard InChI is InChI=1S/C25H30F2N2O6S/c1-3-34-25(31)23(17-9-12-20(26)21(27)14-17)19(15-35-24(30)22(29)6-4-5-13-28)16-7-10-18(11-8-16)36(2,32)33/h7-12,14,22H,3-6,13,15,28-29H2,1-2H3/b23-19+/t22-/m0/s1. The molecule has 2 rings (SSSR count). The van der Waals surface area contributed by atoms with Crippen LogP contribution in [0.1, 0.15) is 37.3 Å². The van der Waals surface area contributed by atoms with Crippen molar-refractivity contribution in [2.45, 2.75) is 37.1 Å². The van der Waals surface area contributed by atoms with Crippen LogP contribution in [0.25, 0.3) is 11.1 Å². The van der Waals surface area contributed by atoms with E-state index in [4.69, 9.17) is 20.9 Å².